The lowest BCUT2D eigenvalue weighted by Gasteiger charge is -2.17. The van der Waals surface area contributed by atoms with Crippen LogP contribution in [0.25, 0.3) is 0 Å². The van der Waals surface area contributed by atoms with E-state index in [9.17, 15) is 19.2 Å². The Morgan fingerprint density at radius 1 is 0.643 bits per heavy atom. The summed E-state index contributed by atoms with van der Waals surface area (Å²) in [7, 11) is 0. The normalized spacial score (nSPS) is 10.3. The maximum absolute atomic E-state index is 11.6. The van der Waals surface area contributed by atoms with Crippen molar-refractivity contribution in [3.63, 3.8) is 0 Å². The summed E-state index contributed by atoms with van der Waals surface area (Å²) in [5, 5.41) is 0. The standard InChI is InChI=1S/C25H28O2.C6H10O2.3C2H6.CH4/c1-5-24(19(3)26)17-18(2)16-23-10-8-21(9-11-23)6-7-22-12-14-25(15-13-22)20(4)27;1-4(5(2)7)6(3)8;3*1-2;/h8-15,18,24H,5,16-17H2,1-4H3;4H,1-3H3;3*1-2H3;1H4. The molecule has 0 radical (unpaired) electrons. The SMILES string of the molecule is C.CC.CC.CC.CC(=O)C(C)C(C)=O.CCC(CC(C)Cc1ccc(C#Cc2ccc(C(C)=O)cc2)cc1)C(C)=O. The molecule has 2 rings (SSSR count). The first-order valence-corrected chi connectivity index (χ1v) is 15.2. The predicted octanol–water partition coefficient (Wildman–Crippen LogP) is 9.99. The van der Waals surface area contributed by atoms with E-state index in [0.717, 1.165) is 30.4 Å². The molecule has 0 fully saturated rings. The monoisotopic (exact) mass is 580 g/mol. The molecule has 42 heavy (non-hydrogen) atoms. The Balaban J connectivity index is -0.000000408. The molecule has 0 saturated carbocycles. The number of ketones is 4. The predicted molar refractivity (Wildman–Crippen MR) is 182 cm³/mol. The van der Waals surface area contributed by atoms with Crippen LogP contribution >= 0.6 is 0 Å². The first-order valence-electron chi connectivity index (χ1n) is 15.2. The minimum absolute atomic E-state index is 0. The lowest BCUT2D eigenvalue weighted by Crippen LogP contribution is -2.15. The Hall–Kier alpha value is -3.32. The molecule has 0 aromatic heterocycles. The molecule has 4 nitrogen and oxygen atoms in total. The van der Waals surface area contributed by atoms with E-state index in [2.05, 4.69) is 37.8 Å². The summed E-state index contributed by atoms with van der Waals surface area (Å²) in [4.78, 5) is 43.6. The fourth-order valence-corrected chi connectivity index (χ4v) is 3.53. The van der Waals surface area contributed by atoms with E-state index in [-0.39, 0.29) is 30.7 Å². The smallest absolute Gasteiger partial charge is 0.159 e. The quantitative estimate of drug-likeness (QED) is 0.168. The van der Waals surface area contributed by atoms with Crippen molar-refractivity contribution < 1.29 is 19.2 Å². The van der Waals surface area contributed by atoms with Gasteiger partial charge in [-0.05, 0) is 89.6 Å². The van der Waals surface area contributed by atoms with Crippen molar-refractivity contribution in [3.8, 4) is 11.8 Å². The molecule has 0 heterocycles. The molecule has 2 unspecified atom stereocenters. The largest absolute Gasteiger partial charge is 0.300 e. The molecule has 2 aromatic carbocycles. The van der Waals surface area contributed by atoms with Gasteiger partial charge in [0.2, 0.25) is 0 Å². The molecule has 2 atom stereocenters. The number of benzene rings is 2. The summed E-state index contributed by atoms with van der Waals surface area (Å²) in [6.45, 7) is 24.0. The molecule has 0 saturated heterocycles. The van der Waals surface area contributed by atoms with E-state index in [1.54, 1.807) is 32.9 Å². The van der Waals surface area contributed by atoms with E-state index in [1.165, 1.54) is 19.4 Å². The minimum Gasteiger partial charge on any atom is -0.300 e. The van der Waals surface area contributed by atoms with E-state index in [1.807, 2.05) is 65.8 Å². The van der Waals surface area contributed by atoms with Crippen LogP contribution in [0.3, 0.4) is 0 Å². The molecule has 0 amide bonds. The van der Waals surface area contributed by atoms with Crippen molar-refractivity contribution in [1.82, 2.24) is 0 Å². The van der Waals surface area contributed by atoms with Gasteiger partial charge in [0.1, 0.15) is 17.3 Å². The summed E-state index contributed by atoms with van der Waals surface area (Å²) in [5.41, 5.74) is 3.84. The summed E-state index contributed by atoms with van der Waals surface area (Å²) in [6, 6.07) is 15.7. The molecular weight excluding hydrogens is 520 g/mol. The summed E-state index contributed by atoms with van der Waals surface area (Å²) in [6.07, 6.45) is 2.84. The van der Waals surface area contributed by atoms with Gasteiger partial charge < -0.3 is 0 Å². The highest BCUT2D eigenvalue weighted by molar-refractivity contribution is 5.99. The first-order chi connectivity index (χ1) is 19.4. The zero-order chi connectivity index (χ0) is 32.5. The molecule has 0 N–H and O–H groups in total. The van der Waals surface area contributed by atoms with Gasteiger partial charge in [-0.1, -0.05) is 98.9 Å². The van der Waals surface area contributed by atoms with Gasteiger partial charge in [-0.15, -0.1) is 0 Å². The van der Waals surface area contributed by atoms with E-state index < -0.39 is 5.92 Å². The second-order valence-corrected chi connectivity index (χ2v) is 9.28. The first kappa shape index (κ1) is 45.7. The van der Waals surface area contributed by atoms with Crippen LogP contribution in [0, 0.1) is 29.6 Å². The molecule has 0 bridgehead atoms. The van der Waals surface area contributed by atoms with Crippen molar-refractivity contribution in [2.45, 2.75) is 117 Å². The van der Waals surface area contributed by atoms with Gasteiger partial charge in [0.25, 0.3) is 0 Å². The highest BCUT2D eigenvalue weighted by atomic mass is 16.1. The number of hydrogen-bond donors (Lipinski definition) is 0. The summed E-state index contributed by atoms with van der Waals surface area (Å²) < 4.78 is 0. The molecule has 0 spiro atoms. The Kier molecular flexibility index (Phi) is 30.3. The van der Waals surface area contributed by atoms with Gasteiger partial charge in [-0.25, -0.2) is 0 Å². The van der Waals surface area contributed by atoms with Gasteiger partial charge in [0, 0.05) is 22.6 Å². The Morgan fingerprint density at radius 2 is 1.02 bits per heavy atom. The number of hydrogen-bond acceptors (Lipinski definition) is 4. The van der Waals surface area contributed by atoms with Crippen molar-refractivity contribution in [1.29, 1.82) is 0 Å². The van der Waals surface area contributed by atoms with Crippen LogP contribution in [-0.2, 0) is 20.8 Å². The van der Waals surface area contributed by atoms with Crippen LogP contribution in [0.5, 0.6) is 0 Å². The fourth-order valence-electron chi connectivity index (χ4n) is 3.53. The molecule has 2 aromatic rings. The Morgan fingerprint density at radius 3 is 1.31 bits per heavy atom. The highest BCUT2D eigenvalue weighted by Gasteiger charge is 2.16. The average molecular weight is 581 g/mol. The number of carbonyl (C=O) groups excluding carboxylic acids is 4. The molecule has 0 aliphatic heterocycles. The van der Waals surface area contributed by atoms with Gasteiger partial charge in [-0.2, -0.15) is 0 Å². The number of carbonyl (C=O) groups is 4. The van der Waals surface area contributed by atoms with E-state index in [4.69, 9.17) is 0 Å². The van der Waals surface area contributed by atoms with Crippen molar-refractivity contribution in [2.75, 3.05) is 0 Å². The lowest BCUT2D eigenvalue weighted by molar-refractivity contribution is -0.129. The van der Waals surface area contributed by atoms with Gasteiger partial charge in [0.05, 0.1) is 5.92 Å². The molecular formula is C38H60O4. The highest BCUT2D eigenvalue weighted by Crippen LogP contribution is 2.20. The molecule has 0 aliphatic rings. The fraction of sp³-hybridized carbons (Fsp3) is 0.526. The minimum atomic E-state index is -0.407. The van der Waals surface area contributed by atoms with Crippen molar-refractivity contribution >= 4 is 23.1 Å². The molecule has 236 valence electrons. The molecule has 0 aliphatic carbocycles. The lowest BCUT2D eigenvalue weighted by atomic mass is 9.87. The topological polar surface area (TPSA) is 68.3 Å². The van der Waals surface area contributed by atoms with E-state index >= 15 is 0 Å². The maximum Gasteiger partial charge on any atom is 0.159 e. The second kappa shape index (κ2) is 27.8. The van der Waals surface area contributed by atoms with Crippen molar-refractivity contribution in [3.05, 3.63) is 70.8 Å². The zero-order valence-corrected chi connectivity index (χ0v) is 28.1. The van der Waals surface area contributed by atoms with Crippen LogP contribution in [-0.4, -0.2) is 23.1 Å². The summed E-state index contributed by atoms with van der Waals surface area (Å²) in [5.74, 6) is 6.80. The average Bonchev–Trinajstić information content (AvgIpc) is 2.98. The molecule has 4 heteroatoms. The van der Waals surface area contributed by atoms with Gasteiger partial charge in [0.15, 0.2) is 5.78 Å². The number of Topliss-reactive ketones (excluding diaryl/α,β-unsaturated/α-hetero) is 4. The third kappa shape index (κ3) is 20.5. The summed E-state index contributed by atoms with van der Waals surface area (Å²) >= 11 is 0. The van der Waals surface area contributed by atoms with Crippen LogP contribution in [0.2, 0.25) is 0 Å². The van der Waals surface area contributed by atoms with Crippen LogP contribution < -0.4 is 0 Å². The Labute approximate surface area is 259 Å². The van der Waals surface area contributed by atoms with Crippen LogP contribution in [0.15, 0.2) is 48.5 Å². The second-order valence-electron chi connectivity index (χ2n) is 9.28. The van der Waals surface area contributed by atoms with E-state index in [0.29, 0.717) is 17.3 Å². The maximum atomic E-state index is 11.6. The van der Waals surface area contributed by atoms with Crippen LogP contribution in [0.4, 0.5) is 0 Å². The number of rotatable bonds is 9. The van der Waals surface area contributed by atoms with Gasteiger partial charge >= 0.3 is 0 Å². The third-order valence-corrected chi connectivity index (χ3v) is 6.15. The van der Waals surface area contributed by atoms with Gasteiger partial charge in [-0.3, -0.25) is 19.2 Å². The zero-order valence-electron chi connectivity index (χ0n) is 28.1. The van der Waals surface area contributed by atoms with Crippen molar-refractivity contribution in [2.24, 2.45) is 17.8 Å². The Bertz CT molecular complexity index is 1050. The van der Waals surface area contributed by atoms with Crippen LogP contribution in [0.1, 0.15) is 137 Å². The third-order valence-electron chi connectivity index (χ3n) is 6.15.